The van der Waals surface area contributed by atoms with E-state index in [9.17, 15) is 0 Å². The van der Waals surface area contributed by atoms with E-state index in [4.69, 9.17) is 0 Å². The van der Waals surface area contributed by atoms with Crippen LogP contribution in [0.4, 0.5) is 0 Å². The second kappa shape index (κ2) is 4.53. The van der Waals surface area contributed by atoms with Crippen molar-refractivity contribution in [3.05, 3.63) is 30.3 Å². The van der Waals surface area contributed by atoms with Gasteiger partial charge in [0.1, 0.15) is 0 Å². The predicted octanol–water partition coefficient (Wildman–Crippen LogP) is 1.87. The molecule has 0 radical (unpaired) electrons. The van der Waals surface area contributed by atoms with Crippen LogP contribution in [0.3, 0.4) is 0 Å². The van der Waals surface area contributed by atoms with Gasteiger partial charge in [-0.1, -0.05) is 0 Å². The van der Waals surface area contributed by atoms with Gasteiger partial charge >= 0.3 is 74.6 Å². The molecule has 0 aliphatic rings. The van der Waals surface area contributed by atoms with Gasteiger partial charge in [0.2, 0.25) is 0 Å². The summed E-state index contributed by atoms with van der Waals surface area (Å²) < 4.78 is 2.83. The summed E-state index contributed by atoms with van der Waals surface area (Å²) in [5.74, 6) is 0. The molecule has 0 atom stereocenters. The topological polar surface area (TPSA) is 0 Å². The molecule has 0 bridgehead atoms. The van der Waals surface area contributed by atoms with E-state index in [1.54, 1.807) is 11.8 Å². The summed E-state index contributed by atoms with van der Waals surface area (Å²) in [6.07, 6.45) is 0. The monoisotopic (exact) mass is 140 g/mol. The number of benzene rings is 1. The maximum atomic E-state index is 2.93. The van der Waals surface area contributed by atoms with Crippen LogP contribution in [-0.2, 0) is 0 Å². The van der Waals surface area contributed by atoms with E-state index >= 15 is 0 Å². The molecule has 0 heterocycles. The van der Waals surface area contributed by atoms with Crippen LogP contribution in [-0.4, -0.2) is 17.7 Å². The van der Waals surface area contributed by atoms with Gasteiger partial charge < -0.3 is 0 Å². The van der Waals surface area contributed by atoms with Gasteiger partial charge in [0, 0.05) is 0 Å². The SMILES string of the molecule is [Li][C]#CSc1ccccc1. The van der Waals surface area contributed by atoms with Crippen LogP contribution in [0.1, 0.15) is 0 Å². The summed E-state index contributed by atoms with van der Waals surface area (Å²) in [6, 6.07) is 10.1. The van der Waals surface area contributed by atoms with E-state index in [1.807, 2.05) is 35.9 Å². The van der Waals surface area contributed by atoms with Crippen LogP contribution in [0.25, 0.3) is 0 Å². The Morgan fingerprint density at radius 1 is 1.20 bits per heavy atom. The van der Waals surface area contributed by atoms with E-state index < -0.39 is 0 Å². The van der Waals surface area contributed by atoms with Gasteiger partial charge in [-0.05, 0) is 0 Å². The molecular formula is C8H5LiS. The van der Waals surface area contributed by atoms with Gasteiger partial charge in [-0.15, -0.1) is 0 Å². The summed E-state index contributed by atoms with van der Waals surface area (Å²) in [7, 11) is 0. The number of hydrogen-bond acceptors (Lipinski definition) is 1. The second-order valence-corrected chi connectivity index (χ2v) is 2.65. The molecule has 10 heavy (non-hydrogen) atoms. The Morgan fingerprint density at radius 2 is 1.90 bits per heavy atom. The van der Waals surface area contributed by atoms with E-state index in [2.05, 4.69) is 22.0 Å². The first-order valence-electron chi connectivity index (χ1n) is 3.07. The van der Waals surface area contributed by atoms with Crippen LogP contribution < -0.4 is 0 Å². The summed E-state index contributed by atoms with van der Waals surface area (Å²) >= 11 is 3.40. The molecule has 44 valence electrons. The molecule has 0 aliphatic carbocycles. The fourth-order valence-corrected chi connectivity index (χ4v) is 1.11. The molecule has 0 saturated carbocycles. The molecule has 2 heteroatoms. The van der Waals surface area contributed by atoms with Crippen molar-refractivity contribution >= 4 is 29.5 Å². The standard InChI is InChI=1S/C8H5S.Li/c1-2-9-8-6-4-3-5-7-8;/h3-7H;. The average molecular weight is 140 g/mol. The Hall–Kier alpha value is -0.273. The van der Waals surface area contributed by atoms with Crippen LogP contribution >= 0.6 is 11.8 Å². The number of hydrogen-bond donors (Lipinski definition) is 0. The summed E-state index contributed by atoms with van der Waals surface area (Å²) in [4.78, 5) is 1.21. The summed E-state index contributed by atoms with van der Waals surface area (Å²) in [6.45, 7) is 0. The first kappa shape index (κ1) is 7.83. The van der Waals surface area contributed by atoms with Gasteiger partial charge in [0.25, 0.3) is 0 Å². The number of rotatable bonds is 1. The Balaban J connectivity index is 2.64. The summed E-state index contributed by atoms with van der Waals surface area (Å²) in [5.41, 5.74) is 0. The normalized spacial score (nSPS) is 8.20. The number of thioether (sulfide) groups is 1. The molecular weight excluding hydrogens is 135 g/mol. The Morgan fingerprint density at radius 3 is 2.50 bits per heavy atom. The van der Waals surface area contributed by atoms with Crippen molar-refractivity contribution in [3.63, 3.8) is 0 Å². The van der Waals surface area contributed by atoms with Crippen molar-refractivity contribution in [2.75, 3.05) is 0 Å². The van der Waals surface area contributed by atoms with E-state index in [-0.39, 0.29) is 0 Å². The first-order chi connectivity index (χ1) is 4.93. The quantitative estimate of drug-likeness (QED) is 0.326. The average Bonchev–Trinajstić information content (AvgIpc) is 2.03. The second-order valence-electron chi connectivity index (χ2n) is 1.77. The van der Waals surface area contributed by atoms with Crippen molar-refractivity contribution in [3.8, 4) is 9.85 Å². The minimum absolute atomic E-state index is 1.21. The molecule has 0 aliphatic heterocycles. The third-order valence-corrected chi connectivity index (χ3v) is 1.83. The molecule has 0 aromatic heterocycles. The minimum atomic E-state index is 1.21. The van der Waals surface area contributed by atoms with Crippen molar-refractivity contribution in [1.29, 1.82) is 0 Å². The molecule has 0 nitrogen and oxygen atoms in total. The van der Waals surface area contributed by atoms with Crippen LogP contribution in [0, 0.1) is 9.85 Å². The molecule has 1 aromatic rings. The van der Waals surface area contributed by atoms with Crippen molar-refractivity contribution < 1.29 is 0 Å². The van der Waals surface area contributed by atoms with Crippen molar-refractivity contribution in [2.45, 2.75) is 4.90 Å². The Labute approximate surface area is 74.6 Å². The van der Waals surface area contributed by atoms with Crippen LogP contribution in [0.5, 0.6) is 0 Å². The Bertz CT molecular complexity index is 245. The maximum absolute atomic E-state index is 2.93. The zero-order valence-electron chi connectivity index (χ0n) is 5.79. The molecule has 0 spiro atoms. The Kier molecular flexibility index (Phi) is 3.55. The zero-order valence-corrected chi connectivity index (χ0v) is 6.61. The van der Waals surface area contributed by atoms with Crippen molar-refractivity contribution in [2.24, 2.45) is 0 Å². The van der Waals surface area contributed by atoms with Crippen molar-refractivity contribution in [1.82, 2.24) is 0 Å². The van der Waals surface area contributed by atoms with Gasteiger partial charge in [-0.3, -0.25) is 0 Å². The molecule has 0 unspecified atom stereocenters. The molecule has 0 saturated heterocycles. The van der Waals surface area contributed by atoms with Gasteiger partial charge in [-0.2, -0.15) is 0 Å². The molecule has 0 fully saturated rings. The molecule has 1 rings (SSSR count). The molecule has 0 amide bonds. The van der Waals surface area contributed by atoms with E-state index in [1.165, 1.54) is 4.90 Å². The van der Waals surface area contributed by atoms with Crippen LogP contribution in [0.15, 0.2) is 35.2 Å². The zero-order chi connectivity index (χ0) is 7.23. The van der Waals surface area contributed by atoms with Crippen LogP contribution in [0.2, 0.25) is 0 Å². The third-order valence-electron chi connectivity index (χ3n) is 1.01. The fraction of sp³-hybridized carbons (Fsp3) is 0. The van der Waals surface area contributed by atoms with Gasteiger partial charge in [0.15, 0.2) is 0 Å². The summed E-state index contributed by atoms with van der Waals surface area (Å²) in [5, 5.41) is 2.93. The van der Waals surface area contributed by atoms with Gasteiger partial charge in [-0.25, -0.2) is 0 Å². The van der Waals surface area contributed by atoms with Gasteiger partial charge in [0.05, 0.1) is 0 Å². The third kappa shape index (κ3) is 2.54. The van der Waals surface area contributed by atoms with E-state index in [0.717, 1.165) is 0 Å². The molecule has 1 aromatic carbocycles. The van der Waals surface area contributed by atoms with E-state index in [0.29, 0.717) is 0 Å². The first-order valence-corrected chi connectivity index (χ1v) is 3.89. The molecule has 0 N–H and O–H groups in total. The fourth-order valence-electron chi connectivity index (χ4n) is 0.598. The predicted molar refractivity (Wildman–Crippen MR) is 45.8 cm³/mol.